The summed E-state index contributed by atoms with van der Waals surface area (Å²) in [7, 11) is 0. The minimum atomic E-state index is -0.0789. The molecule has 2 amide bonds. The molecule has 0 saturated carbocycles. The van der Waals surface area contributed by atoms with Crippen LogP contribution in [0.5, 0.6) is 0 Å². The van der Waals surface area contributed by atoms with Crippen molar-refractivity contribution in [2.75, 3.05) is 11.9 Å². The van der Waals surface area contributed by atoms with Gasteiger partial charge in [0.05, 0.1) is 6.04 Å². The van der Waals surface area contributed by atoms with Gasteiger partial charge >= 0.3 is 6.03 Å². The van der Waals surface area contributed by atoms with Crippen molar-refractivity contribution in [3.05, 3.63) is 89.2 Å². The van der Waals surface area contributed by atoms with E-state index in [1.54, 1.807) is 0 Å². The Hall–Kier alpha value is -3.01. The predicted octanol–water partition coefficient (Wildman–Crippen LogP) is 4.74. The summed E-state index contributed by atoms with van der Waals surface area (Å²) in [6, 6.07) is 20.4. The summed E-state index contributed by atoms with van der Waals surface area (Å²) >= 11 is 0. The van der Waals surface area contributed by atoms with Gasteiger partial charge in [0.25, 0.3) is 0 Å². The standard InChI is InChI=1S/C22H23N3O/c1-16-5-9-18(10-6-16)21-20-4-3-13-24(20)14-15-25(21)22(26)23-19-11-7-17(2)8-12-19/h3-13,21H,14-15H2,1-2H3,(H,23,26). The second-order valence-electron chi connectivity index (χ2n) is 6.93. The summed E-state index contributed by atoms with van der Waals surface area (Å²) in [5, 5.41) is 3.05. The van der Waals surface area contributed by atoms with Crippen LogP contribution in [0, 0.1) is 13.8 Å². The number of carbonyl (C=O) groups is 1. The summed E-state index contributed by atoms with van der Waals surface area (Å²) in [6.45, 7) is 5.61. The molecule has 1 N–H and O–H groups in total. The second-order valence-corrected chi connectivity index (χ2v) is 6.93. The van der Waals surface area contributed by atoms with E-state index in [9.17, 15) is 4.79 Å². The van der Waals surface area contributed by atoms with Crippen LogP contribution in [0.4, 0.5) is 10.5 Å². The Kier molecular flexibility index (Phi) is 4.25. The first kappa shape index (κ1) is 16.5. The number of fused-ring (bicyclic) bond motifs is 1. The van der Waals surface area contributed by atoms with E-state index in [2.05, 4.69) is 59.4 Å². The Morgan fingerprint density at radius 1 is 0.923 bits per heavy atom. The molecule has 0 aliphatic carbocycles. The fourth-order valence-electron chi connectivity index (χ4n) is 3.53. The van der Waals surface area contributed by atoms with Crippen LogP contribution in [-0.4, -0.2) is 22.0 Å². The number of aryl methyl sites for hydroxylation is 2. The third-order valence-corrected chi connectivity index (χ3v) is 5.00. The fourth-order valence-corrected chi connectivity index (χ4v) is 3.53. The number of nitrogens with one attached hydrogen (secondary N) is 1. The van der Waals surface area contributed by atoms with E-state index in [4.69, 9.17) is 0 Å². The minimum Gasteiger partial charge on any atom is -0.348 e. The van der Waals surface area contributed by atoms with Crippen LogP contribution in [0.2, 0.25) is 0 Å². The van der Waals surface area contributed by atoms with E-state index < -0.39 is 0 Å². The molecular formula is C22H23N3O. The van der Waals surface area contributed by atoms with Gasteiger partial charge in [0.2, 0.25) is 0 Å². The summed E-state index contributed by atoms with van der Waals surface area (Å²) in [5.41, 5.74) is 5.50. The Morgan fingerprint density at radius 2 is 1.58 bits per heavy atom. The average molecular weight is 345 g/mol. The molecule has 26 heavy (non-hydrogen) atoms. The van der Waals surface area contributed by atoms with Crippen molar-refractivity contribution in [1.82, 2.24) is 9.47 Å². The molecule has 1 atom stereocenters. The van der Waals surface area contributed by atoms with Gasteiger partial charge in [-0.25, -0.2) is 4.79 Å². The van der Waals surface area contributed by atoms with E-state index in [-0.39, 0.29) is 12.1 Å². The van der Waals surface area contributed by atoms with Crippen molar-refractivity contribution in [2.24, 2.45) is 0 Å². The molecule has 1 aliphatic rings. The lowest BCUT2D eigenvalue weighted by molar-refractivity contribution is 0.182. The van der Waals surface area contributed by atoms with Crippen molar-refractivity contribution >= 4 is 11.7 Å². The van der Waals surface area contributed by atoms with Crippen molar-refractivity contribution in [2.45, 2.75) is 26.4 Å². The zero-order valence-corrected chi connectivity index (χ0v) is 15.1. The largest absolute Gasteiger partial charge is 0.348 e. The van der Waals surface area contributed by atoms with Gasteiger partial charge in [-0.15, -0.1) is 0 Å². The minimum absolute atomic E-state index is 0.0631. The van der Waals surface area contributed by atoms with Crippen molar-refractivity contribution in [3.63, 3.8) is 0 Å². The first-order valence-corrected chi connectivity index (χ1v) is 8.98. The van der Waals surface area contributed by atoms with Crippen LogP contribution < -0.4 is 5.32 Å². The number of nitrogens with zero attached hydrogens (tertiary/aromatic N) is 2. The van der Waals surface area contributed by atoms with Crippen LogP contribution in [-0.2, 0) is 6.54 Å². The van der Waals surface area contributed by atoms with Gasteiger partial charge < -0.3 is 14.8 Å². The number of anilines is 1. The van der Waals surface area contributed by atoms with Crippen LogP contribution in [0.15, 0.2) is 66.9 Å². The molecular weight excluding hydrogens is 322 g/mol. The van der Waals surface area contributed by atoms with Gasteiger partial charge in [-0.3, -0.25) is 0 Å². The maximum absolute atomic E-state index is 13.0. The summed E-state index contributed by atoms with van der Waals surface area (Å²) in [4.78, 5) is 15.0. The molecule has 1 unspecified atom stereocenters. The Bertz CT molecular complexity index is 909. The van der Waals surface area contributed by atoms with Gasteiger partial charge in [-0.2, -0.15) is 0 Å². The fraction of sp³-hybridized carbons (Fsp3) is 0.227. The molecule has 4 rings (SSSR count). The molecule has 0 fully saturated rings. The monoisotopic (exact) mass is 345 g/mol. The smallest absolute Gasteiger partial charge is 0.322 e. The normalized spacial score (nSPS) is 16.2. The molecule has 2 heterocycles. The summed E-state index contributed by atoms with van der Waals surface area (Å²) in [5.74, 6) is 0. The molecule has 132 valence electrons. The number of aromatic nitrogens is 1. The van der Waals surface area contributed by atoms with E-state index in [0.29, 0.717) is 6.54 Å². The second kappa shape index (κ2) is 6.71. The number of amides is 2. The lowest BCUT2D eigenvalue weighted by Crippen LogP contribution is -2.44. The molecule has 3 aromatic rings. The molecule has 0 bridgehead atoms. The maximum atomic E-state index is 13.0. The zero-order chi connectivity index (χ0) is 18.1. The quantitative estimate of drug-likeness (QED) is 0.715. The number of hydrogen-bond acceptors (Lipinski definition) is 1. The van der Waals surface area contributed by atoms with Crippen molar-refractivity contribution in [1.29, 1.82) is 0 Å². The van der Waals surface area contributed by atoms with E-state index in [1.807, 2.05) is 36.1 Å². The first-order valence-electron chi connectivity index (χ1n) is 8.98. The SMILES string of the molecule is Cc1ccc(NC(=O)N2CCn3cccc3C2c2ccc(C)cc2)cc1. The van der Waals surface area contributed by atoms with Gasteiger partial charge in [-0.05, 0) is 43.7 Å². The van der Waals surface area contributed by atoms with Crippen LogP contribution in [0.3, 0.4) is 0 Å². The predicted molar refractivity (Wildman–Crippen MR) is 104 cm³/mol. The Balaban J connectivity index is 1.66. The molecule has 1 aromatic heterocycles. The van der Waals surface area contributed by atoms with Crippen LogP contribution in [0.25, 0.3) is 0 Å². The molecule has 4 nitrogen and oxygen atoms in total. The number of rotatable bonds is 2. The molecule has 0 spiro atoms. The summed E-state index contributed by atoms with van der Waals surface area (Å²) < 4.78 is 2.24. The molecule has 2 aromatic carbocycles. The molecule has 1 aliphatic heterocycles. The molecule has 0 radical (unpaired) electrons. The van der Waals surface area contributed by atoms with E-state index in [1.165, 1.54) is 11.1 Å². The van der Waals surface area contributed by atoms with Crippen molar-refractivity contribution in [3.8, 4) is 0 Å². The third kappa shape index (κ3) is 3.10. The summed E-state index contributed by atoms with van der Waals surface area (Å²) in [6.07, 6.45) is 2.09. The number of benzene rings is 2. The van der Waals surface area contributed by atoms with Crippen LogP contribution >= 0.6 is 0 Å². The number of hydrogen-bond donors (Lipinski definition) is 1. The first-order chi connectivity index (χ1) is 12.6. The number of carbonyl (C=O) groups excluding carboxylic acids is 1. The third-order valence-electron chi connectivity index (χ3n) is 5.00. The Labute approximate surface area is 154 Å². The Morgan fingerprint density at radius 3 is 2.27 bits per heavy atom. The molecule has 0 saturated heterocycles. The highest BCUT2D eigenvalue weighted by Gasteiger charge is 2.32. The highest BCUT2D eigenvalue weighted by Crippen LogP contribution is 2.33. The highest BCUT2D eigenvalue weighted by atomic mass is 16.2. The van der Waals surface area contributed by atoms with E-state index in [0.717, 1.165) is 23.5 Å². The molecule has 4 heteroatoms. The van der Waals surface area contributed by atoms with Crippen LogP contribution in [0.1, 0.15) is 28.4 Å². The van der Waals surface area contributed by atoms with E-state index >= 15 is 0 Å². The van der Waals surface area contributed by atoms with Gasteiger partial charge in [0.1, 0.15) is 0 Å². The van der Waals surface area contributed by atoms with Gasteiger partial charge in [-0.1, -0.05) is 47.5 Å². The van der Waals surface area contributed by atoms with Crippen molar-refractivity contribution < 1.29 is 4.79 Å². The van der Waals surface area contributed by atoms with Gasteiger partial charge in [0, 0.05) is 30.7 Å². The number of urea groups is 1. The lowest BCUT2D eigenvalue weighted by Gasteiger charge is -2.37. The zero-order valence-electron chi connectivity index (χ0n) is 15.1. The maximum Gasteiger partial charge on any atom is 0.322 e. The highest BCUT2D eigenvalue weighted by molar-refractivity contribution is 5.90. The lowest BCUT2D eigenvalue weighted by atomic mass is 9.99. The topological polar surface area (TPSA) is 37.3 Å². The average Bonchev–Trinajstić information content (AvgIpc) is 3.12. The van der Waals surface area contributed by atoms with Gasteiger partial charge in [0.15, 0.2) is 0 Å².